The summed E-state index contributed by atoms with van der Waals surface area (Å²) >= 11 is 0. The fourth-order valence-corrected chi connectivity index (χ4v) is 3.17. The van der Waals surface area contributed by atoms with Crippen LogP contribution >= 0.6 is 0 Å². The van der Waals surface area contributed by atoms with E-state index in [9.17, 15) is 9.59 Å². The first-order valence-electron chi connectivity index (χ1n) is 8.19. The summed E-state index contributed by atoms with van der Waals surface area (Å²) in [6.07, 6.45) is 6.14. The van der Waals surface area contributed by atoms with Crippen LogP contribution in [0.3, 0.4) is 0 Å². The van der Waals surface area contributed by atoms with E-state index in [1.54, 1.807) is 22.7 Å². The van der Waals surface area contributed by atoms with Gasteiger partial charge in [-0.15, -0.1) is 0 Å². The summed E-state index contributed by atoms with van der Waals surface area (Å²) in [5.74, 6) is 0.917. The number of hydrogen-bond donors (Lipinski definition) is 0. The van der Waals surface area contributed by atoms with Crippen molar-refractivity contribution >= 4 is 5.91 Å². The summed E-state index contributed by atoms with van der Waals surface area (Å²) in [5.41, 5.74) is 0.283. The van der Waals surface area contributed by atoms with Gasteiger partial charge >= 0.3 is 5.69 Å². The van der Waals surface area contributed by atoms with E-state index in [0.29, 0.717) is 18.8 Å². The number of likely N-dealkylation sites (tertiary alicyclic amines) is 1. The van der Waals surface area contributed by atoms with Crippen molar-refractivity contribution in [3.8, 4) is 0 Å². The number of amides is 1. The average molecular weight is 330 g/mol. The smallest absolute Gasteiger partial charge is 0.337 e. The topological polar surface area (TPSA) is 85.9 Å². The van der Waals surface area contributed by atoms with Gasteiger partial charge in [0.25, 0.3) is 5.91 Å². The molecule has 3 heterocycles. The maximum absolute atomic E-state index is 12.4. The molecular formula is C16H22N6O2. The Hall–Kier alpha value is -2.51. The molecule has 2 aromatic rings. The fraction of sp³-hybridized carbons (Fsp3) is 0.562. The minimum atomic E-state index is -0.0937. The minimum Gasteiger partial charge on any atom is -0.337 e. The normalized spacial score (nSPS) is 15.9. The predicted molar refractivity (Wildman–Crippen MR) is 87.8 cm³/mol. The standard InChI is InChI=1S/C16H22N6O2/c1-11(2)22-14(19-20(3)16(22)24)12-4-8-21(9-5-12)15(23)13-10-17-6-7-18-13/h6-7,10-12H,4-5,8-9H2,1-3H3. The number of aromatic nitrogens is 5. The SMILES string of the molecule is CC(C)n1c(C2CCN(C(=O)c3cnccn3)CC2)nn(C)c1=O. The molecule has 0 bridgehead atoms. The van der Waals surface area contributed by atoms with Gasteiger partial charge in [-0.3, -0.25) is 14.3 Å². The van der Waals surface area contributed by atoms with Crippen LogP contribution in [0.15, 0.2) is 23.4 Å². The maximum Gasteiger partial charge on any atom is 0.345 e. The molecular weight excluding hydrogens is 308 g/mol. The number of rotatable bonds is 3. The van der Waals surface area contributed by atoms with Gasteiger partial charge in [0.1, 0.15) is 11.5 Å². The Labute approximate surface area is 140 Å². The van der Waals surface area contributed by atoms with Crippen LogP contribution in [0.1, 0.15) is 55.0 Å². The summed E-state index contributed by atoms with van der Waals surface area (Å²) in [5, 5.41) is 4.42. The van der Waals surface area contributed by atoms with Gasteiger partial charge in [0.15, 0.2) is 0 Å². The molecule has 0 saturated carbocycles. The van der Waals surface area contributed by atoms with Crippen LogP contribution in [-0.4, -0.2) is 48.2 Å². The van der Waals surface area contributed by atoms with Crippen LogP contribution in [0, 0.1) is 0 Å². The Morgan fingerprint density at radius 1 is 1.25 bits per heavy atom. The highest BCUT2D eigenvalue weighted by Crippen LogP contribution is 2.27. The molecule has 3 rings (SSSR count). The molecule has 1 saturated heterocycles. The molecule has 1 amide bonds. The zero-order chi connectivity index (χ0) is 17.3. The van der Waals surface area contributed by atoms with Gasteiger partial charge in [0.05, 0.1) is 6.20 Å². The second kappa shape index (κ2) is 6.54. The third kappa shape index (κ3) is 2.95. The second-order valence-corrected chi connectivity index (χ2v) is 6.39. The molecule has 0 spiro atoms. The van der Waals surface area contributed by atoms with Gasteiger partial charge in [0.2, 0.25) is 0 Å². The van der Waals surface area contributed by atoms with E-state index < -0.39 is 0 Å². The lowest BCUT2D eigenvalue weighted by Crippen LogP contribution is -2.39. The Kier molecular flexibility index (Phi) is 4.46. The number of piperidine rings is 1. The van der Waals surface area contributed by atoms with E-state index >= 15 is 0 Å². The van der Waals surface area contributed by atoms with Gasteiger partial charge in [0, 0.05) is 44.5 Å². The van der Waals surface area contributed by atoms with E-state index in [1.807, 2.05) is 13.8 Å². The highest BCUT2D eigenvalue weighted by Gasteiger charge is 2.29. The molecule has 2 aromatic heterocycles. The predicted octanol–water partition coefficient (Wildman–Crippen LogP) is 0.972. The van der Waals surface area contributed by atoms with Gasteiger partial charge in [-0.2, -0.15) is 5.10 Å². The third-order valence-corrected chi connectivity index (χ3v) is 4.43. The van der Waals surface area contributed by atoms with Crippen LogP contribution in [0.5, 0.6) is 0 Å². The third-order valence-electron chi connectivity index (χ3n) is 4.43. The van der Waals surface area contributed by atoms with Gasteiger partial charge < -0.3 is 4.90 Å². The Balaban J connectivity index is 1.73. The largest absolute Gasteiger partial charge is 0.345 e. The van der Waals surface area contributed by atoms with Crippen molar-refractivity contribution in [3.05, 3.63) is 40.6 Å². The van der Waals surface area contributed by atoms with Crippen molar-refractivity contribution < 1.29 is 4.79 Å². The van der Waals surface area contributed by atoms with E-state index in [4.69, 9.17) is 0 Å². The molecule has 0 aromatic carbocycles. The van der Waals surface area contributed by atoms with Crippen molar-refractivity contribution in [3.63, 3.8) is 0 Å². The molecule has 0 atom stereocenters. The van der Waals surface area contributed by atoms with Gasteiger partial charge in [-0.25, -0.2) is 14.5 Å². The molecule has 8 heteroatoms. The van der Waals surface area contributed by atoms with E-state index in [2.05, 4.69) is 15.1 Å². The van der Waals surface area contributed by atoms with Crippen LogP contribution < -0.4 is 5.69 Å². The highest BCUT2D eigenvalue weighted by atomic mass is 16.2. The molecule has 0 unspecified atom stereocenters. The van der Waals surface area contributed by atoms with E-state index in [-0.39, 0.29) is 23.6 Å². The molecule has 0 radical (unpaired) electrons. The van der Waals surface area contributed by atoms with Crippen LogP contribution in [-0.2, 0) is 7.05 Å². The number of carbonyl (C=O) groups excluding carboxylic acids is 1. The molecule has 24 heavy (non-hydrogen) atoms. The van der Waals surface area contributed by atoms with Crippen LogP contribution in [0.2, 0.25) is 0 Å². The van der Waals surface area contributed by atoms with E-state index in [0.717, 1.165) is 18.7 Å². The summed E-state index contributed by atoms with van der Waals surface area (Å²) in [4.78, 5) is 34.4. The number of nitrogens with zero attached hydrogens (tertiary/aromatic N) is 6. The lowest BCUT2D eigenvalue weighted by atomic mass is 9.95. The monoisotopic (exact) mass is 330 g/mol. The Bertz CT molecular complexity index is 772. The molecule has 128 valence electrons. The summed E-state index contributed by atoms with van der Waals surface area (Å²) < 4.78 is 3.15. The van der Waals surface area contributed by atoms with Crippen molar-refractivity contribution in [2.75, 3.05) is 13.1 Å². The Morgan fingerprint density at radius 3 is 2.54 bits per heavy atom. The second-order valence-electron chi connectivity index (χ2n) is 6.39. The molecule has 0 N–H and O–H groups in total. The number of hydrogen-bond acceptors (Lipinski definition) is 5. The summed E-state index contributed by atoms with van der Waals surface area (Å²) in [6, 6.07) is 0.0699. The van der Waals surface area contributed by atoms with Crippen molar-refractivity contribution in [1.29, 1.82) is 0 Å². The van der Waals surface area contributed by atoms with E-state index in [1.165, 1.54) is 17.1 Å². The molecule has 1 fully saturated rings. The van der Waals surface area contributed by atoms with Gasteiger partial charge in [-0.05, 0) is 26.7 Å². The lowest BCUT2D eigenvalue weighted by molar-refractivity contribution is 0.0703. The molecule has 0 aliphatic carbocycles. The summed E-state index contributed by atoms with van der Waals surface area (Å²) in [7, 11) is 1.68. The average Bonchev–Trinajstić information content (AvgIpc) is 2.90. The van der Waals surface area contributed by atoms with Crippen LogP contribution in [0.4, 0.5) is 0 Å². The molecule has 1 aliphatic heterocycles. The first kappa shape index (κ1) is 16.4. The number of aryl methyl sites for hydroxylation is 1. The van der Waals surface area contributed by atoms with Crippen molar-refractivity contribution in [2.24, 2.45) is 7.05 Å². The number of carbonyl (C=O) groups is 1. The van der Waals surface area contributed by atoms with Crippen molar-refractivity contribution in [1.82, 2.24) is 29.2 Å². The molecule has 1 aliphatic rings. The molecule has 8 nitrogen and oxygen atoms in total. The lowest BCUT2D eigenvalue weighted by Gasteiger charge is -2.31. The zero-order valence-electron chi connectivity index (χ0n) is 14.2. The maximum atomic E-state index is 12.4. The van der Waals surface area contributed by atoms with Gasteiger partial charge in [-0.1, -0.05) is 0 Å². The minimum absolute atomic E-state index is 0.0699. The fourth-order valence-electron chi connectivity index (χ4n) is 3.17. The summed E-state index contributed by atoms with van der Waals surface area (Å²) in [6.45, 7) is 5.23. The first-order chi connectivity index (χ1) is 11.5. The zero-order valence-corrected chi connectivity index (χ0v) is 14.2. The first-order valence-corrected chi connectivity index (χ1v) is 8.19. The van der Waals surface area contributed by atoms with Crippen molar-refractivity contribution in [2.45, 2.75) is 38.6 Å². The Morgan fingerprint density at radius 2 is 1.96 bits per heavy atom. The highest BCUT2D eigenvalue weighted by molar-refractivity contribution is 5.92. The quantitative estimate of drug-likeness (QED) is 0.837. The van der Waals surface area contributed by atoms with Crippen LogP contribution in [0.25, 0.3) is 0 Å².